The molecule has 1 aromatic heterocycles. The maximum Gasteiger partial charge on any atom is 0.220 e. The van der Waals surface area contributed by atoms with Crippen LogP contribution in [0.2, 0.25) is 0 Å². The molecule has 1 aromatic carbocycles. The summed E-state index contributed by atoms with van der Waals surface area (Å²) in [5, 5.41) is 3.41. The van der Waals surface area contributed by atoms with Gasteiger partial charge in [0, 0.05) is 27.6 Å². The molecular weight excluding hydrogens is 327 g/mol. The summed E-state index contributed by atoms with van der Waals surface area (Å²) in [6, 6.07) is 6.30. The van der Waals surface area contributed by atoms with Gasteiger partial charge in [-0.3, -0.25) is 0 Å². The Hall–Kier alpha value is -1.37. The Kier molecular flexibility index (Phi) is 2.62. The summed E-state index contributed by atoms with van der Waals surface area (Å²) in [4.78, 5) is 8.45. The molecule has 0 aliphatic carbocycles. The van der Waals surface area contributed by atoms with Crippen molar-refractivity contribution in [2.45, 2.75) is 6.42 Å². The lowest BCUT2D eigenvalue weighted by Gasteiger charge is -2.09. The second-order valence-electron chi connectivity index (χ2n) is 3.97. The molecule has 2 heterocycles. The van der Waals surface area contributed by atoms with E-state index < -0.39 is 0 Å². The second-order valence-corrected chi connectivity index (χ2v) is 5.21. The summed E-state index contributed by atoms with van der Waals surface area (Å²) in [5.41, 5.74) is 10.0. The van der Waals surface area contributed by atoms with Crippen LogP contribution in [-0.4, -0.2) is 16.5 Å². The van der Waals surface area contributed by atoms with E-state index in [0.29, 0.717) is 5.95 Å². The van der Waals surface area contributed by atoms with E-state index in [1.54, 1.807) is 0 Å². The van der Waals surface area contributed by atoms with Gasteiger partial charge in [-0.2, -0.15) is 0 Å². The molecule has 0 bridgehead atoms. The molecule has 0 saturated carbocycles. The van der Waals surface area contributed by atoms with Crippen LogP contribution in [0, 0.1) is 3.57 Å². The van der Waals surface area contributed by atoms with Crippen molar-refractivity contribution < 1.29 is 0 Å². The van der Waals surface area contributed by atoms with Gasteiger partial charge in [-0.1, -0.05) is 0 Å². The highest BCUT2D eigenvalue weighted by Gasteiger charge is 2.16. The zero-order valence-corrected chi connectivity index (χ0v) is 11.2. The molecule has 0 unspecified atom stereocenters. The van der Waals surface area contributed by atoms with E-state index in [2.05, 4.69) is 56.1 Å². The van der Waals surface area contributed by atoms with Crippen LogP contribution in [0.3, 0.4) is 0 Å². The highest BCUT2D eigenvalue weighted by atomic mass is 127. The third-order valence-corrected chi connectivity index (χ3v) is 3.50. The van der Waals surface area contributed by atoms with E-state index >= 15 is 0 Å². The molecule has 0 saturated heterocycles. The lowest BCUT2D eigenvalue weighted by atomic mass is 10.1. The average Bonchev–Trinajstić information content (AvgIpc) is 2.48. The summed E-state index contributed by atoms with van der Waals surface area (Å²) in [6.07, 6.45) is 2.75. The molecule has 3 rings (SSSR count). The van der Waals surface area contributed by atoms with Gasteiger partial charge in [0.2, 0.25) is 5.95 Å². The van der Waals surface area contributed by atoms with E-state index in [0.717, 1.165) is 35.5 Å². The minimum atomic E-state index is 0.329. The van der Waals surface area contributed by atoms with Crippen molar-refractivity contribution in [1.82, 2.24) is 9.97 Å². The van der Waals surface area contributed by atoms with E-state index in [1.807, 2.05) is 6.20 Å². The second kappa shape index (κ2) is 4.14. The molecule has 0 amide bonds. The molecule has 1 aliphatic rings. The maximum absolute atomic E-state index is 5.68. The van der Waals surface area contributed by atoms with Gasteiger partial charge in [0.05, 0.1) is 5.69 Å². The normalized spacial score (nSPS) is 13.2. The number of halogens is 1. The first-order chi connectivity index (χ1) is 8.24. The Morgan fingerprint density at radius 3 is 3.12 bits per heavy atom. The number of nitrogens with two attached hydrogens (primary N) is 1. The number of nitrogen functional groups attached to an aromatic ring is 1. The van der Waals surface area contributed by atoms with Crippen LogP contribution in [0.5, 0.6) is 0 Å². The lowest BCUT2D eigenvalue weighted by molar-refractivity contribution is 1.00. The van der Waals surface area contributed by atoms with Gasteiger partial charge in [-0.15, -0.1) is 0 Å². The molecule has 17 heavy (non-hydrogen) atoms. The van der Waals surface area contributed by atoms with Crippen LogP contribution in [0.25, 0.3) is 11.3 Å². The highest BCUT2D eigenvalue weighted by molar-refractivity contribution is 14.1. The Bertz CT molecular complexity index is 531. The molecule has 2 aromatic rings. The first-order valence-electron chi connectivity index (χ1n) is 5.39. The molecule has 86 valence electrons. The van der Waals surface area contributed by atoms with Crippen molar-refractivity contribution in [3.63, 3.8) is 0 Å². The van der Waals surface area contributed by atoms with Gasteiger partial charge in [0.15, 0.2) is 0 Å². The quantitative estimate of drug-likeness (QED) is 0.724. The number of hydrogen-bond donors (Lipinski definition) is 2. The smallest absolute Gasteiger partial charge is 0.220 e. The zero-order valence-electron chi connectivity index (χ0n) is 9.07. The lowest BCUT2D eigenvalue weighted by Crippen LogP contribution is -2.03. The standard InChI is InChI=1S/C12H11IN4/c13-8-1-2-10-9(5-8)11-7(3-4-15-10)6-16-12(14)17-11/h1-2,5-6,15H,3-4H2,(H2,14,16,17). The minimum Gasteiger partial charge on any atom is -0.384 e. The van der Waals surface area contributed by atoms with E-state index in [4.69, 9.17) is 5.73 Å². The van der Waals surface area contributed by atoms with Gasteiger partial charge >= 0.3 is 0 Å². The maximum atomic E-state index is 5.68. The van der Waals surface area contributed by atoms with Crippen LogP contribution in [0.1, 0.15) is 5.56 Å². The van der Waals surface area contributed by atoms with Crippen molar-refractivity contribution in [3.05, 3.63) is 33.5 Å². The van der Waals surface area contributed by atoms with Gasteiger partial charge in [0.1, 0.15) is 0 Å². The summed E-state index contributed by atoms with van der Waals surface area (Å²) in [5.74, 6) is 0.329. The van der Waals surface area contributed by atoms with Crippen LogP contribution >= 0.6 is 22.6 Å². The molecule has 1 aliphatic heterocycles. The number of nitrogens with zero attached hydrogens (tertiary/aromatic N) is 2. The van der Waals surface area contributed by atoms with Crippen LogP contribution < -0.4 is 11.1 Å². The number of benzene rings is 1. The van der Waals surface area contributed by atoms with Gasteiger partial charge in [-0.25, -0.2) is 9.97 Å². The number of anilines is 2. The summed E-state index contributed by atoms with van der Waals surface area (Å²) < 4.78 is 1.19. The Morgan fingerprint density at radius 1 is 1.35 bits per heavy atom. The molecule has 4 nitrogen and oxygen atoms in total. The molecule has 5 heteroatoms. The minimum absolute atomic E-state index is 0.329. The Balaban J connectivity index is 2.28. The topological polar surface area (TPSA) is 63.8 Å². The van der Waals surface area contributed by atoms with Gasteiger partial charge in [-0.05, 0) is 52.8 Å². The monoisotopic (exact) mass is 338 g/mol. The number of nitrogens with one attached hydrogen (secondary N) is 1. The first-order valence-corrected chi connectivity index (χ1v) is 6.47. The van der Waals surface area contributed by atoms with E-state index in [9.17, 15) is 0 Å². The Morgan fingerprint density at radius 2 is 2.24 bits per heavy atom. The third kappa shape index (κ3) is 1.95. The van der Waals surface area contributed by atoms with Gasteiger partial charge in [0.25, 0.3) is 0 Å². The van der Waals surface area contributed by atoms with Crippen molar-refractivity contribution in [1.29, 1.82) is 0 Å². The molecule has 0 radical (unpaired) electrons. The highest BCUT2D eigenvalue weighted by Crippen LogP contribution is 2.33. The number of fused-ring (bicyclic) bond motifs is 3. The van der Waals surface area contributed by atoms with Crippen molar-refractivity contribution >= 4 is 34.2 Å². The average molecular weight is 338 g/mol. The fraction of sp³-hybridized carbons (Fsp3) is 0.167. The predicted octanol–water partition coefficient (Wildman–Crippen LogP) is 2.30. The number of hydrogen-bond acceptors (Lipinski definition) is 4. The molecule has 0 spiro atoms. The number of rotatable bonds is 0. The third-order valence-electron chi connectivity index (χ3n) is 2.83. The van der Waals surface area contributed by atoms with E-state index in [1.165, 1.54) is 3.57 Å². The first kappa shape index (κ1) is 10.8. The fourth-order valence-electron chi connectivity index (χ4n) is 2.03. The van der Waals surface area contributed by atoms with Crippen molar-refractivity contribution in [3.8, 4) is 11.3 Å². The van der Waals surface area contributed by atoms with Gasteiger partial charge < -0.3 is 11.1 Å². The summed E-state index contributed by atoms with van der Waals surface area (Å²) in [6.45, 7) is 0.897. The summed E-state index contributed by atoms with van der Waals surface area (Å²) in [7, 11) is 0. The van der Waals surface area contributed by atoms with Crippen molar-refractivity contribution in [2.75, 3.05) is 17.6 Å². The predicted molar refractivity (Wildman–Crippen MR) is 76.8 cm³/mol. The fourth-order valence-corrected chi connectivity index (χ4v) is 2.53. The number of aromatic nitrogens is 2. The SMILES string of the molecule is Nc1ncc2c(n1)-c1cc(I)ccc1NCC2. The zero-order chi connectivity index (χ0) is 11.8. The molecule has 0 atom stereocenters. The molecule has 0 fully saturated rings. The van der Waals surface area contributed by atoms with Crippen LogP contribution in [-0.2, 0) is 6.42 Å². The van der Waals surface area contributed by atoms with Crippen molar-refractivity contribution in [2.24, 2.45) is 0 Å². The van der Waals surface area contributed by atoms with Crippen LogP contribution in [0.15, 0.2) is 24.4 Å². The Labute approximate surface area is 113 Å². The molecule has 3 N–H and O–H groups in total. The summed E-state index contributed by atoms with van der Waals surface area (Å²) >= 11 is 2.30. The van der Waals surface area contributed by atoms with Crippen LogP contribution in [0.4, 0.5) is 11.6 Å². The largest absolute Gasteiger partial charge is 0.384 e. The van der Waals surface area contributed by atoms with E-state index in [-0.39, 0.29) is 0 Å². The molecular formula is C12H11IN4.